The first-order valence-corrected chi connectivity index (χ1v) is 16.7. The Morgan fingerprint density at radius 3 is 2.24 bits per heavy atom. The summed E-state index contributed by atoms with van der Waals surface area (Å²) in [6.07, 6.45) is -0.187. The van der Waals surface area contributed by atoms with Gasteiger partial charge in [-0.3, -0.25) is 4.18 Å². The molecule has 0 unspecified atom stereocenters. The average Bonchev–Trinajstić information content (AvgIpc) is 3.19. The molecule has 0 N–H and O–H groups in total. The molecule has 34 heavy (non-hydrogen) atoms. The van der Waals surface area contributed by atoms with Gasteiger partial charge in [0.25, 0.3) is 10.1 Å². The molecular weight excluding hydrogens is 478 g/mol. The van der Waals surface area contributed by atoms with Gasteiger partial charge < -0.3 is 23.5 Å². The maximum Gasteiger partial charge on any atom is 0.410 e. The van der Waals surface area contributed by atoms with Crippen LogP contribution in [-0.4, -0.2) is 82.9 Å². The second-order valence-electron chi connectivity index (χ2n) is 12.4. The first-order chi connectivity index (χ1) is 15.1. The van der Waals surface area contributed by atoms with E-state index in [4.69, 9.17) is 22.8 Å². The average molecular weight is 524 g/mol. The first-order valence-electron chi connectivity index (χ1n) is 12.0. The maximum atomic E-state index is 12.9. The Labute approximate surface area is 207 Å². The van der Waals surface area contributed by atoms with Gasteiger partial charge in [0.2, 0.25) is 0 Å². The van der Waals surface area contributed by atoms with Crippen molar-refractivity contribution < 1.29 is 36.0 Å². The van der Waals surface area contributed by atoms with Crippen LogP contribution in [0.1, 0.15) is 68.2 Å². The lowest BCUT2D eigenvalue weighted by Gasteiger charge is -2.38. The lowest BCUT2D eigenvalue weighted by molar-refractivity contribution is -0.157. The highest BCUT2D eigenvalue weighted by molar-refractivity contribution is 7.86. The van der Waals surface area contributed by atoms with Crippen molar-refractivity contribution in [1.82, 2.24) is 4.90 Å². The molecule has 0 aromatic carbocycles. The Morgan fingerprint density at radius 1 is 1.15 bits per heavy atom. The van der Waals surface area contributed by atoms with Gasteiger partial charge in [0.05, 0.1) is 18.9 Å². The molecule has 0 aromatic rings. The van der Waals surface area contributed by atoms with Crippen molar-refractivity contribution in [2.75, 3.05) is 19.4 Å². The molecule has 2 heterocycles. The molecule has 0 radical (unpaired) electrons. The fraction of sp³-hybridized carbons (Fsp3) is 0.957. The number of likely N-dealkylation sites (tertiary alicyclic amines) is 1. The predicted octanol–water partition coefficient (Wildman–Crippen LogP) is 4.27. The minimum Gasteiger partial charge on any atom is -0.444 e. The number of rotatable bonds is 7. The molecule has 1 amide bonds. The monoisotopic (exact) mass is 523 g/mol. The van der Waals surface area contributed by atoms with Crippen LogP contribution in [0.3, 0.4) is 0 Å². The number of carbonyl (C=O) groups is 1. The number of nitrogens with zero attached hydrogens (tertiary/aromatic N) is 1. The number of hydrogen-bond acceptors (Lipinski definition) is 8. The van der Waals surface area contributed by atoms with Gasteiger partial charge in [0, 0.05) is 6.54 Å². The zero-order valence-corrected chi connectivity index (χ0v) is 24.6. The van der Waals surface area contributed by atoms with Gasteiger partial charge in [-0.05, 0) is 65.6 Å². The molecule has 0 saturated carbocycles. The molecule has 200 valence electrons. The molecule has 0 spiro atoms. The van der Waals surface area contributed by atoms with Gasteiger partial charge in [0.1, 0.15) is 23.9 Å². The lowest BCUT2D eigenvalue weighted by Crippen LogP contribution is -2.53. The van der Waals surface area contributed by atoms with Crippen molar-refractivity contribution in [2.24, 2.45) is 0 Å². The van der Waals surface area contributed by atoms with Crippen molar-refractivity contribution in [3.05, 3.63) is 0 Å². The van der Waals surface area contributed by atoms with E-state index in [-0.39, 0.29) is 17.7 Å². The third-order valence-electron chi connectivity index (χ3n) is 6.55. The molecule has 2 saturated heterocycles. The Balaban J connectivity index is 2.34. The van der Waals surface area contributed by atoms with E-state index in [1.165, 1.54) is 0 Å². The predicted molar refractivity (Wildman–Crippen MR) is 133 cm³/mol. The molecule has 2 fully saturated rings. The normalized spacial score (nSPS) is 27.1. The van der Waals surface area contributed by atoms with Crippen LogP contribution in [0.5, 0.6) is 0 Å². The van der Waals surface area contributed by atoms with E-state index >= 15 is 0 Å². The van der Waals surface area contributed by atoms with E-state index in [0.717, 1.165) is 12.7 Å². The minimum absolute atomic E-state index is 0.0450. The van der Waals surface area contributed by atoms with Gasteiger partial charge in [-0.1, -0.05) is 20.8 Å². The third kappa shape index (κ3) is 7.89. The highest BCUT2D eigenvalue weighted by Crippen LogP contribution is 2.40. The second-order valence-corrected chi connectivity index (χ2v) is 18.8. The topological polar surface area (TPSA) is 101 Å². The van der Waals surface area contributed by atoms with Crippen molar-refractivity contribution in [2.45, 2.75) is 122 Å². The van der Waals surface area contributed by atoms with Crippen LogP contribution in [0.25, 0.3) is 0 Å². The van der Waals surface area contributed by atoms with E-state index in [0.29, 0.717) is 13.0 Å². The van der Waals surface area contributed by atoms with Crippen LogP contribution in [0.4, 0.5) is 4.79 Å². The second kappa shape index (κ2) is 9.97. The Morgan fingerprint density at radius 2 is 1.74 bits per heavy atom. The van der Waals surface area contributed by atoms with Crippen molar-refractivity contribution >= 4 is 24.5 Å². The maximum absolute atomic E-state index is 12.9. The summed E-state index contributed by atoms with van der Waals surface area (Å²) in [5, 5.41) is -0.0622. The van der Waals surface area contributed by atoms with Crippen LogP contribution in [-0.2, 0) is 32.9 Å². The van der Waals surface area contributed by atoms with Crippen LogP contribution < -0.4 is 0 Å². The number of hydrogen-bond donors (Lipinski definition) is 0. The lowest BCUT2D eigenvalue weighted by atomic mass is 9.99. The summed E-state index contributed by atoms with van der Waals surface area (Å²) >= 11 is 0. The molecule has 0 aliphatic carbocycles. The first kappa shape index (κ1) is 29.5. The summed E-state index contributed by atoms with van der Waals surface area (Å²) in [5.41, 5.74) is -0.630. The van der Waals surface area contributed by atoms with Crippen LogP contribution in [0, 0.1) is 0 Å². The molecule has 0 bridgehead atoms. The van der Waals surface area contributed by atoms with Crippen LogP contribution in [0.2, 0.25) is 18.1 Å². The molecule has 0 aromatic heterocycles. The van der Waals surface area contributed by atoms with Crippen molar-refractivity contribution in [3.8, 4) is 0 Å². The van der Waals surface area contributed by atoms with Gasteiger partial charge in [-0.15, -0.1) is 0 Å². The molecule has 2 aliphatic heterocycles. The molecular formula is C23H45NO8SSi. The van der Waals surface area contributed by atoms with E-state index in [2.05, 4.69) is 33.9 Å². The van der Waals surface area contributed by atoms with Gasteiger partial charge >= 0.3 is 6.09 Å². The fourth-order valence-corrected chi connectivity index (χ4v) is 5.62. The van der Waals surface area contributed by atoms with E-state index < -0.39 is 54.2 Å². The number of carbonyl (C=O) groups excluding carboxylic acids is 1. The zero-order valence-electron chi connectivity index (χ0n) is 22.8. The Bertz CT molecular complexity index is 831. The standard InChI is InChI=1S/C23H45NO8SSi/c1-21(2,3)31-20(25)24-14-12-13-16(24)18-19(30-23(7,8)29-18)17(32-33(9,26)27)15-28-34(10,11)22(4,5)6/h16-19H,12-15H2,1-11H3/t16-,17+,18-,19+/m0/s1. The molecule has 2 aliphatic rings. The summed E-state index contributed by atoms with van der Waals surface area (Å²) in [5.74, 6) is -0.979. The molecule has 4 atom stereocenters. The van der Waals surface area contributed by atoms with Gasteiger partial charge in [-0.25, -0.2) is 4.79 Å². The summed E-state index contributed by atoms with van der Waals surface area (Å²) in [6, 6.07) is -0.333. The highest BCUT2D eigenvalue weighted by Gasteiger charge is 2.53. The SMILES string of the molecule is CC(C)(C)OC(=O)N1CCC[C@H]1[C@@H]1OC(C)(C)O[C@@H]1[C@@H](CO[Si](C)(C)C(C)(C)C)OS(C)(=O)=O. The van der Waals surface area contributed by atoms with Crippen LogP contribution >= 0.6 is 0 Å². The van der Waals surface area contributed by atoms with E-state index in [1.807, 2.05) is 20.8 Å². The van der Waals surface area contributed by atoms with Crippen molar-refractivity contribution in [3.63, 3.8) is 0 Å². The fourth-order valence-electron chi connectivity index (χ4n) is 3.99. The molecule has 11 heteroatoms. The minimum atomic E-state index is -3.81. The Hall–Kier alpha value is -0.723. The smallest absolute Gasteiger partial charge is 0.410 e. The summed E-state index contributed by atoms with van der Waals surface area (Å²) < 4.78 is 54.3. The van der Waals surface area contributed by atoms with Crippen molar-refractivity contribution in [1.29, 1.82) is 0 Å². The largest absolute Gasteiger partial charge is 0.444 e. The summed E-state index contributed by atoms with van der Waals surface area (Å²) in [7, 11) is -6.00. The van der Waals surface area contributed by atoms with Gasteiger partial charge in [0.15, 0.2) is 14.1 Å². The number of ether oxygens (including phenoxy) is 3. The van der Waals surface area contributed by atoms with E-state index in [1.54, 1.807) is 18.7 Å². The molecule has 2 rings (SSSR count). The highest BCUT2D eigenvalue weighted by atomic mass is 32.2. The zero-order chi connectivity index (χ0) is 26.3. The quantitative estimate of drug-likeness (QED) is 0.360. The third-order valence-corrected chi connectivity index (χ3v) is 11.6. The van der Waals surface area contributed by atoms with Crippen LogP contribution in [0.15, 0.2) is 0 Å². The van der Waals surface area contributed by atoms with E-state index in [9.17, 15) is 13.2 Å². The summed E-state index contributed by atoms with van der Waals surface area (Å²) in [6.45, 7) is 20.1. The number of amides is 1. The summed E-state index contributed by atoms with van der Waals surface area (Å²) in [4.78, 5) is 14.6. The van der Waals surface area contributed by atoms with Gasteiger partial charge in [-0.2, -0.15) is 8.42 Å². The molecule has 9 nitrogen and oxygen atoms in total. The Kier molecular flexibility index (Phi) is 8.65.